The highest BCUT2D eigenvalue weighted by Gasteiger charge is 2.47. The molecule has 1 aromatic heterocycles. The minimum atomic E-state index is -0.824. The summed E-state index contributed by atoms with van der Waals surface area (Å²) in [4.78, 5) is 27.0. The SMILES string of the molecule is CC(C)(C)C(=O)C1=C(O)C(=O)N(c2ccc(Cl)cc2)C1c1ccco1. The number of carbonyl (C=O) groups is 2. The number of amides is 1. The van der Waals surface area contributed by atoms with Crippen molar-refractivity contribution in [1.82, 2.24) is 0 Å². The number of rotatable bonds is 3. The van der Waals surface area contributed by atoms with Gasteiger partial charge < -0.3 is 9.52 Å². The molecule has 1 unspecified atom stereocenters. The molecule has 0 aliphatic carbocycles. The standard InChI is InChI=1S/C19H18ClNO4/c1-19(2,3)17(23)14-15(13-5-4-10-25-13)21(18(24)16(14)22)12-8-6-11(20)7-9-12/h4-10,15,22H,1-3H3. The number of hydrogen-bond acceptors (Lipinski definition) is 4. The number of ketones is 1. The summed E-state index contributed by atoms with van der Waals surface area (Å²) < 4.78 is 5.47. The number of benzene rings is 1. The highest BCUT2D eigenvalue weighted by Crippen LogP contribution is 2.43. The van der Waals surface area contributed by atoms with Crippen LogP contribution < -0.4 is 4.90 Å². The summed E-state index contributed by atoms with van der Waals surface area (Å²) in [5.74, 6) is -1.09. The van der Waals surface area contributed by atoms with Crippen molar-refractivity contribution in [1.29, 1.82) is 0 Å². The van der Waals surface area contributed by atoms with Crippen LogP contribution in [0.3, 0.4) is 0 Å². The van der Waals surface area contributed by atoms with E-state index < -0.39 is 23.1 Å². The molecule has 3 rings (SSSR count). The van der Waals surface area contributed by atoms with Crippen LogP contribution in [0.15, 0.2) is 58.4 Å². The summed E-state index contributed by atoms with van der Waals surface area (Å²) in [5, 5.41) is 11.0. The molecule has 1 aliphatic rings. The van der Waals surface area contributed by atoms with E-state index in [9.17, 15) is 14.7 Å². The lowest BCUT2D eigenvalue weighted by Crippen LogP contribution is -2.32. The molecule has 25 heavy (non-hydrogen) atoms. The average Bonchev–Trinajstić information content (AvgIpc) is 3.15. The van der Waals surface area contributed by atoms with Crippen molar-refractivity contribution < 1.29 is 19.1 Å². The molecule has 2 heterocycles. The van der Waals surface area contributed by atoms with E-state index in [0.717, 1.165) is 0 Å². The fourth-order valence-electron chi connectivity index (χ4n) is 2.83. The second kappa shape index (κ2) is 6.08. The number of Topliss-reactive ketones (excluding diaryl/α,β-unsaturated/α-hetero) is 1. The number of hydrogen-bond donors (Lipinski definition) is 1. The zero-order valence-corrected chi connectivity index (χ0v) is 14.9. The van der Waals surface area contributed by atoms with Crippen LogP contribution >= 0.6 is 11.6 Å². The molecule has 1 atom stereocenters. The molecule has 1 amide bonds. The zero-order chi connectivity index (χ0) is 18.4. The molecule has 0 spiro atoms. The Hall–Kier alpha value is -2.53. The first kappa shape index (κ1) is 17.3. The van der Waals surface area contributed by atoms with Crippen LogP contribution in [0, 0.1) is 5.41 Å². The number of anilines is 1. The van der Waals surface area contributed by atoms with Crippen molar-refractivity contribution in [2.24, 2.45) is 5.41 Å². The fraction of sp³-hybridized carbons (Fsp3) is 0.263. The van der Waals surface area contributed by atoms with Gasteiger partial charge in [0.2, 0.25) is 0 Å². The van der Waals surface area contributed by atoms with Gasteiger partial charge in [0.05, 0.1) is 11.8 Å². The zero-order valence-electron chi connectivity index (χ0n) is 14.1. The van der Waals surface area contributed by atoms with Crippen molar-refractivity contribution in [3.05, 3.63) is 64.8 Å². The van der Waals surface area contributed by atoms with Crippen LogP contribution in [0.2, 0.25) is 5.02 Å². The molecular weight excluding hydrogens is 342 g/mol. The van der Waals surface area contributed by atoms with Crippen LogP contribution in [0.5, 0.6) is 0 Å². The van der Waals surface area contributed by atoms with E-state index in [-0.39, 0.29) is 11.4 Å². The maximum atomic E-state index is 12.9. The van der Waals surface area contributed by atoms with Crippen molar-refractivity contribution in [3.8, 4) is 0 Å². The summed E-state index contributed by atoms with van der Waals surface area (Å²) >= 11 is 5.92. The first-order valence-electron chi connectivity index (χ1n) is 7.82. The third-order valence-corrected chi connectivity index (χ3v) is 4.30. The molecule has 130 valence electrons. The topological polar surface area (TPSA) is 70.8 Å². The van der Waals surface area contributed by atoms with E-state index in [4.69, 9.17) is 16.0 Å². The Bertz CT molecular complexity index is 845. The van der Waals surface area contributed by atoms with E-state index in [0.29, 0.717) is 16.5 Å². The molecule has 5 nitrogen and oxygen atoms in total. The normalized spacial score (nSPS) is 18.2. The third kappa shape index (κ3) is 2.96. The number of nitrogens with zero attached hydrogens (tertiary/aromatic N) is 1. The minimum absolute atomic E-state index is 0.0439. The van der Waals surface area contributed by atoms with Gasteiger partial charge >= 0.3 is 0 Å². The molecular formula is C19H18ClNO4. The highest BCUT2D eigenvalue weighted by atomic mass is 35.5. The highest BCUT2D eigenvalue weighted by molar-refractivity contribution is 6.30. The van der Waals surface area contributed by atoms with Crippen molar-refractivity contribution in [2.75, 3.05) is 4.90 Å². The second-order valence-electron chi connectivity index (χ2n) is 6.91. The Morgan fingerprint density at radius 3 is 2.36 bits per heavy atom. The molecule has 2 aromatic rings. The molecule has 6 heteroatoms. The van der Waals surface area contributed by atoms with E-state index in [2.05, 4.69) is 0 Å². The van der Waals surface area contributed by atoms with Crippen molar-refractivity contribution in [3.63, 3.8) is 0 Å². The Morgan fingerprint density at radius 2 is 1.84 bits per heavy atom. The number of aliphatic hydroxyl groups excluding tert-OH is 1. The van der Waals surface area contributed by atoms with Gasteiger partial charge in [-0.3, -0.25) is 14.5 Å². The maximum Gasteiger partial charge on any atom is 0.294 e. The fourth-order valence-corrected chi connectivity index (χ4v) is 2.95. The van der Waals surface area contributed by atoms with Gasteiger partial charge in [-0.15, -0.1) is 0 Å². The molecule has 0 bridgehead atoms. The monoisotopic (exact) mass is 359 g/mol. The number of halogens is 1. The van der Waals surface area contributed by atoms with Gasteiger partial charge in [-0.05, 0) is 36.4 Å². The molecule has 0 saturated heterocycles. The van der Waals surface area contributed by atoms with Crippen LogP contribution in [-0.4, -0.2) is 16.8 Å². The molecule has 1 aliphatic heterocycles. The van der Waals surface area contributed by atoms with Crippen molar-refractivity contribution in [2.45, 2.75) is 26.8 Å². The van der Waals surface area contributed by atoms with Crippen LogP contribution in [0.4, 0.5) is 5.69 Å². The summed E-state index contributed by atoms with van der Waals surface area (Å²) in [7, 11) is 0. The van der Waals surface area contributed by atoms with Crippen LogP contribution in [0.1, 0.15) is 32.6 Å². The first-order valence-corrected chi connectivity index (χ1v) is 8.20. The molecule has 1 N–H and O–H groups in total. The quantitative estimate of drug-likeness (QED) is 0.878. The Kier molecular flexibility index (Phi) is 4.21. The third-order valence-electron chi connectivity index (χ3n) is 4.05. The molecule has 0 radical (unpaired) electrons. The minimum Gasteiger partial charge on any atom is -0.503 e. The predicted molar refractivity (Wildman–Crippen MR) is 94.5 cm³/mol. The van der Waals surface area contributed by atoms with Gasteiger partial charge in [-0.1, -0.05) is 32.4 Å². The average molecular weight is 360 g/mol. The number of carbonyl (C=O) groups excluding carboxylic acids is 2. The number of furan rings is 1. The predicted octanol–water partition coefficient (Wildman–Crippen LogP) is 4.45. The van der Waals surface area contributed by atoms with Crippen LogP contribution in [0.25, 0.3) is 0 Å². The first-order chi connectivity index (χ1) is 11.7. The van der Waals surface area contributed by atoms with Gasteiger partial charge in [-0.25, -0.2) is 0 Å². The molecule has 1 aromatic carbocycles. The van der Waals surface area contributed by atoms with Gasteiger partial charge in [0.15, 0.2) is 11.5 Å². The lowest BCUT2D eigenvalue weighted by Gasteiger charge is -2.27. The summed E-state index contributed by atoms with van der Waals surface area (Å²) in [5.41, 5.74) is -0.203. The van der Waals surface area contributed by atoms with E-state index in [1.165, 1.54) is 11.2 Å². The van der Waals surface area contributed by atoms with Gasteiger partial charge in [0, 0.05) is 16.1 Å². The van der Waals surface area contributed by atoms with E-state index in [1.807, 2.05) is 0 Å². The Morgan fingerprint density at radius 1 is 1.20 bits per heavy atom. The van der Waals surface area contributed by atoms with Crippen molar-refractivity contribution >= 4 is 29.0 Å². The summed E-state index contributed by atoms with van der Waals surface area (Å²) in [6.07, 6.45) is 1.47. The van der Waals surface area contributed by atoms with Gasteiger partial charge in [0.25, 0.3) is 5.91 Å². The second-order valence-corrected chi connectivity index (χ2v) is 7.35. The van der Waals surface area contributed by atoms with Gasteiger partial charge in [0.1, 0.15) is 11.8 Å². The largest absolute Gasteiger partial charge is 0.503 e. The van der Waals surface area contributed by atoms with E-state index in [1.54, 1.807) is 57.2 Å². The Balaban J connectivity index is 2.16. The van der Waals surface area contributed by atoms with E-state index >= 15 is 0 Å². The lowest BCUT2D eigenvalue weighted by molar-refractivity contribution is -0.123. The lowest BCUT2D eigenvalue weighted by atomic mass is 9.83. The van der Waals surface area contributed by atoms with Gasteiger partial charge in [-0.2, -0.15) is 0 Å². The smallest absolute Gasteiger partial charge is 0.294 e. The Labute approximate surface area is 150 Å². The van der Waals surface area contributed by atoms with Crippen LogP contribution in [-0.2, 0) is 9.59 Å². The maximum absolute atomic E-state index is 12.9. The number of aliphatic hydroxyl groups is 1. The molecule has 0 saturated carbocycles. The summed E-state index contributed by atoms with van der Waals surface area (Å²) in [6.45, 7) is 5.22. The summed E-state index contributed by atoms with van der Waals surface area (Å²) in [6, 6.07) is 9.13. The molecule has 0 fully saturated rings.